The van der Waals surface area contributed by atoms with Crippen molar-refractivity contribution in [1.82, 2.24) is 0 Å². The van der Waals surface area contributed by atoms with Crippen LogP contribution in [0, 0.1) is 5.82 Å². The van der Waals surface area contributed by atoms with Crippen molar-refractivity contribution in [3.63, 3.8) is 0 Å². The highest BCUT2D eigenvalue weighted by atomic mass is 35.5. The molecule has 0 fully saturated rings. The number of ether oxygens (including phenoxy) is 1. The molecule has 0 saturated carbocycles. The molecule has 0 aliphatic carbocycles. The Morgan fingerprint density at radius 2 is 2.12 bits per heavy atom. The summed E-state index contributed by atoms with van der Waals surface area (Å²) < 4.78 is 17.6. The summed E-state index contributed by atoms with van der Waals surface area (Å²) in [6.45, 7) is 1.77. The molecule has 0 aliphatic rings. The monoisotopic (exact) mass is 244 g/mol. The maximum absolute atomic E-state index is 13.2. The van der Waals surface area contributed by atoms with Crippen molar-refractivity contribution in [2.45, 2.75) is 19.8 Å². The fraction of sp³-hybridized carbons (Fsp3) is 0.273. The number of esters is 2. The zero-order chi connectivity index (χ0) is 12.1. The van der Waals surface area contributed by atoms with Gasteiger partial charge in [-0.3, -0.25) is 4.79 Å². The molecule has 0 spiro atoms. The van der Waals surface area contributed by atoms with E-state index in [1.165, 1.54) is 6.07 Å². The minimum Gasteiger partial charge on any atom is -0.389 e. The van der Waals surface area contributed by atoms with Crippen molar-refractivity contribution in [1.29, 1.82) is 0 Å². The molecule has 3 nitrogen and oxygen atoms in total. The Morgan fingerprint density at radius 1 is 1.44 bits per heavy atom. The van der Waals surface area contributed by atoms with E-state index in [9.17, 15) is 14.0 Å². The fourth-order valence-electron chi connectivity index (χ4n) is 1.07. The number of halogens is 2. The molecule has 0 amide bonds. The molecule has 5 heteroatoms. The van der Waals surface area contributed by atoms with Gasteiger partial charge in [-0.15, -0.1) is 0 Å². The summed E-state index contributed by atoms with van der Waals surface area (Å²) in [6, 6.07) is 3.48. The highest BCUT2D eigenvalue weighted by Gasteiger charge is 2.16. The van der Waals surface area contributed by atoms with Crippen LogP contribution in [0.1, 0.15) is 30.1 Å². The average molecular weight is 245 g/mol. The predicted octanol–water partition coefficient (Wildman–Crippen LogP) is 2.96. The van der Waals surface area contributed by atoms with Gasteiger partial charge in [0.1, 0.15) is 5.82 Å². The first-order valence-corrected chi connectivity index (χ1v) is 5.12. The summed E-state index contributed by atoms with van der Waals surface area (Å²) in [7, 11) is 0. The van der Waals surface area contributed by atoms with E-state index in [-0.39, 0.29) is 17.0 Å². The first-order valence-electron chi connectivity index (χ1n) is 4.74. The van der Waals surface area contributed by atoms with Gasteiger partial charge in [0.2, 0.25) is 0 Å². The third kappa shape index (κ3) is 3.31. The minimum atomic E-state index is -1.02. The van der Waals surface area contributed by atoms with Gasteiger partial charge in [0.05, 0.1) is 5.56 Å². The van der Waals surface area contributed by atoms with E-state index < -0.39 is 17.8 Å². The van der Waals surface area contributed by atoms with Gasteiger partial charge < -0.3 is 4.74 Å². The number of benzene rings is 1. The second-order valence-electron chi connectivity index (χ2n) is 3.14. The lowest BCUT2D eigenvalue weighted by molar-refractivity contribution is -0.138. The van der Waals surface area contributed by atoms with Crippen LogP contribution in [0.15, 0.2) is 18.2 Å². The quantitative estimate of drug-likeness (QED) is 0.606. The van der Waals surface area contributed by atoms with Crippen LogP contribution in [0.3, 0.4) is 0 Å². The van der Waals surface area contributed by atoms with Gasteiger partial charge in [-0.05, 0) is 24.6 Å². The van der Waals surface area contributed by atoms with E-state index in [0.717, 1.165) is 12.1 Å². The molecule has 0 atom stereocenters. The van der Waals surface area contributed by atoms with Crippen molar-refractivity contribution in [3.8, 4) is 0 Å². The molecule has 1 rings (SSSR count). The second-order valence-corrected chi connectivity index (χ2v) is 3.57. The third-order valence-electron chi connectivity index (χ3n) is 1.81. The van der Waals surface area contributed by atoms with Crippen LogP contribution < -0.4 is 0 Å². The molecule has 0 aliphatic heterocycles. The number of rotatable bonds is 3. The van der Waals surface area contributed by atoms with Gasteiger partial charge in [-0.1, -0.05) is 18.5 Å². The first-order chi connectivity index (χ1) is 7.54. The standard InChI is InChI=1S/C11H10ClFO3/c1-2-3-10(14)16-11(15)8-6-7(12)4-5-9(8)13/h4-6H,2-3H2,1H3. The normalized spacial score (nSPS) is 9.94. The third-order valence-corrected chi connectivity index (χ3v) is 2.04. The van der Waals surface area contributed by atoms with E-state index in [1.54, 1.807) is 6.92 Å². The topological polar surface area (TPSA) is 43.4 Å². The lowest BCUT2D eigenvalue weighted by Crippen LogP contribution is -2.13. The molecule has 0 N–H and O–H groups in total. The Labute approximate surface area is 97.2 Å². The molecule has 1 aromatic rings. The van der Waals surface area contributed by atoms with E-state index in [0.29, 0.717) is 6.42 Å². The zero-order valence-corrected chi connectivity index (χ0v) is 9.38. The molecule has 0 unspecified atom stereocenters. The summed E-state index contributed by atoms with van der Waals surface area (Å²) in [6.07, 6.45) is 0.679. The van der Waals surface area contributed by atoms with Gasteiger partial charge in [0.25, 0.3) is 0 Å². The van der Waals surface area contributed by atoms with Crippen molar-refractivity contribution >= 4 is 23.5 Å². The second kappa shape index (κ2) is 5.61. The Bertz CT molecular complexity index is 418. The number of hydrogen-bond donors (Lipinski definition) is 0. The van der Waals surface area contributed by atoms with Crippen molar-refractivity contribution in [3.05, 3.63) is 34.6 Å². The SMILES string of the molecule is CCCC(=O)OC(=O)c1cc(Cl)ccc1F. The van der Waals surface area contributed by atoms with E-state index in [1.807, 2.05) is 0 Å². The number of carbonyl (C=O) groups excluding carboxylic acids is 2. The van der Waals surface area contributed by atoms with Gasteiger partial charge in [0.15, 0.2) is 0 Å². The zero-order valence-electron chi connectivity index (χ0n) is 8.63. The molecule has 16 heavy (non-hydrogen) atoms. The maximum atomic E-state index is 13.2. The summed E-state index contributed by atoms with van der Waals surface area (Å²) in [5.74, 6) is -2.45. The van der Waals surface area contributed by atoms with Crippen LogP contribution in [0.2, 0.25) is 5.02 Å². The highest BCUT2D eigenvalue weighted by molar-refractivity contribution is 6.30. The highest BCUT2D eigenvalue weighted by Crippen LogP contribution is 2.16. The summed E-state index contributed by atoms with van der Waals surface area (Å²) in [4.78, 5) is 22.4. The van der Waals surface area contributed by atoms with Crippen molar-refractivity contribution in [2.24, 2.45) is 0 Å². The van der Waals surface area contributed by atoms with Gasteiger partial charge in [-0.25, -0.2) is 9.18 Å². The van der Waals surface area contributed by atoms with Crippen LogP contribution in [0.5, 0.6) is 0 Å². The maximum Gasteiger partial charge on any atom is 0.348 e. The fourth-order valence-corrected chi connectivity index (χ4v) is 1.24. The Hall–Kier alpha value is -1.42. The molecule has 0 aromatic heterocycles. The number of carbonyl (C=O) groups is 2. The number of hydrogen-bond acceptors (Lipinski definition) is 3. The largest absolute Gasteiger partial charge is 0.389 e. The summed E-state index contributed by atoms with van der Waals surface area (Å²) in [5, 5.41) is 0.205. The Balaban J connectivity index is 2.80. The molecule has 0 bridgehead atoms. The van der Waals surface area contributed by atoms with Gasteiger partial charge in [0, 0.05) is 11.4 Å². The minimum absolute atomic E-state index is 0.119. The molecular weight excluding hydrogens is 235 g/mol. The lowest BCUT2D eigenvalue weighted by atomic mass is 10.2. The van der Waals surface area contributed by atoms with Gasteiger partial charge >= 0.3 is 11.9 Å². The predicted molar refractivity (Wildman–Crippen MR) is 56.7 cm³/mol. The average Bonchev–Trinajstić information content (AvgIpc) is 2.21. The lowest BCUT2D eigenvalue weighted by Gasteiger charge is -2.03. The van der Waals surface area contributed by atoms with E-state index in [4.69, 9.17) is 11.6 Å². The smallest absolute Gasteiger partial charge is 0.348 e. The van der Waals surface area contributed by atoms with Crippen LogP contribution in [-0.2, 0) is 9.53 Å². The Kier molecular flexibility index (Phi) is 4.43. The van der Waals surface area contributed by atoms with Crippen molar-refractivity contribution < 1.29 is 18.7 Å². The van der Waals surface area contributed by atoms with Crippen LogP contribution in [0.4, 0.5) is 4.39 Å². The van der Waals surface area contributed by atoms with E-state index >= 15 is 0 Å². The van der Waals surface area contributed by atoms with Crippen LogP contribution in [0.25, 0.3) is 0 Å². The molecular formula is C11H10ClFO3. The molecule has 86 valence electrons. The van der Waals surface area contributed by atoms with E-state index in [2.05, 4.69) is 4.74 Å². The molecule has 0 radical (unpaired) electrons. The van der Waals surface area contributed by atoms with Crippen LogP contribution in [-0.4, -0.2) is 11.9 Å². The first kappa shape index (κ1) is 12.6. The summed E-state index contributed by atoms with van der Waals surface area (Å²) in [5.41, 5.74) is -0.336. The van der Waals surface area contributed by atoms with Crippen LogP contribution >= 0.6 is 11.6 Å². The molecule has 1 aromatic carbocycles. The van der Waals surface area contributed by atoms with Gasteiger partial charge in [-0.2, -0.15) is 0 Å². The Morgan fingerprint density at radius 3 is 2.75 bits per heavy atom. The van der Waals surface area contributed by atoms with Crippen molar-refractivity contribution in [2.75, 3.05) is 0 Å². The summed E-state index contributed by atoms with van der Waals surface area (Å²) >= 11 is 5.60. The molecule has 0 saturated heterocycles. The molecule has 0 heterocycles.